The molecule has 0 aromatic carbocycles. The zero-order valence-corrected chi connectivity index (χ0v) is 6.11. The fraction of sp³-hybridized carbons (Fsp3) is 1.00. The molecule has 8 heavy (non-hydrogen) atoms. The lowest BCUT2D eigenvalue weighted by molar-refractivity contribution is 0.385. The summed E-state index contributed by atoms with van der Waals surface area (Å²) in [7, 11) is 1.25. The number of hydrogen-bond donors (Lipinski definition) is 0. The van der Waals surface area contributed by atoms with Gasteiger partial charge in [0.15, 0.2) is 0 Å². The quantitative estimate of drug-likeness (QED) is 0.454. The lowest BCUT2D eigenvalue weighted by Gasteiger charge is -2.15. The highest BCUT2D eigenvalue weighted by Crippen LogP contribution is 2.21. The molecule has 0 spiro atoms. The molecule has 1 aliphatic rings. The van der Waals surface area contributed by atoms with Gasteiger partial charge in [0, 0.05) is 1.37 Å². The van der Waals surface area contributed by atoms with Crippen molar-refractivity contribution in [3.05, 3.63) is 0 Å². The van der Waals surface area contributed by atoms with Crippen molar-refractivity contribution < 1.29 is 1.37 Å². The van der Waals surface area contributed by atoms with E-state index in [2.05, 4.69) is 6.92 Å². The Balaban J connectivity index is 0.000000291. The smallest absolute Gasteiger partial charge is 0.0194 e. The van der Waals surface area contributed by atoms with E-state index in [1.54, 1.807) is 0 Å². The first kappa shape index (κ1) is 6.12. The summed E-state index contributed by atoms with van der Waals surface area (Å²) in [5.74, 6) is 1.04. The zero-order chi connectivity index (χ0) is 7.11. The fourth-order valence-electron chi connectivity index (χ4n) is 1.31. The molecule has 0 saturated heterocycles. The van der Waals surface area contributed by atoms with Gasteiger partial charge in [-0.15, -0.1) is 0 Å². The lowest BCUT2D eigenvalue weighted by atomic mass is 9.91. The summed E-state index contributed by atoms with van der Waals surface area (Å²) in [6.45, 7) is 2.36. The van der Waals surface area contributed by atoms with E-state index in [9.17, 15) is 0 Å². The van der Waals surface area contributed by atoms with Gasteiger partial charge >= 0.3 is 0 Å². The molecule has 0 aromatic heterocycles. The zero-order valence-electron chi connectivity index (χ0n) is 7.11. The Morgan fingerprint density at radius 2 is 1.75 bits per heavy atom. The van der Waals surface area contributed by atoms with Gasteiger partial charge in [-0.05, 0) is 5.92 Å². The molecular formula is C8H18. The molecule has 1 rings (SSSR count). The minimum absolute atomic E-state index is 1.04. The van der Waals surface area contributed by atoms with Gasteiger partial charge in [-0.2, -0.15) is 0 Å². The number of hydrogen-bond acceptors (Lipinski definition) is 0. The molecule has 0 aliphatic heterocycles. The standard InChI is InChI=1S/C7H14.CH4/c1-7-5-3-2-4-6-7;/h7H,2-6H2,1H3;1H4/i;1D. The highest BCUT2D eigenvalue weighted by atomic mass is 14.1. The largest absolute Gasteiger partial charge is 0.0776 e. The third-order valence-electron chi connectivity index (χ3n) is 1.89. The van der Waals surface area contributed by atoms with Crippen LogP contribution in [0, 0.1) is 5.92 Å². The van der Waals surface area contributed by atoms with Gasteiger partial charge in [0.25, 0.3) is 0 Å². The number of rotatable bonds is 0. The molecule has 1 saturated carbocycles. The van der Waals surface area contributed by atoms with E-state index in [4.69, 9.17) is 1.37 Å². The van der Waals surface area contributed by atoms with Crippen LogP contribution in [0.15, 0.2) is 0 Å². The van der Waals surface area contributed by atoms with Crippen LogP contribution in [0.4, 0.5) is 0 Å². The first-order valence-corrected chi connectivity index (χ1v) is 3.39. The van der Waals surface area contributed by atoms with Crippen LogP contribution in [0.5, 0.6) is 0 Å². The van der Waals surface area contributed by atoms with E-state index in [1.165, 1.54) is 39.5 Å². The average molecular weight is 115 g/mol. The Labute approximate surface area is 54.7 Å². The van der Waals surface area contributed by atoms with Crippen LogP contribution in [0.2, 0.25) is 0 Å². The normalized spacial score (nSPS) is 23.0. The lowest BCUT2D eigenvalue weighted by Crippen LogP contribution is -1.99. The summed E-state index contributed by atoms with van der Waals surface area (Å²) >= 11 is 0. The summed E-state index contributed by atoms with van der Waals surface area (Å²) in [4.78, 5) is 0. The molecule has 0 heteroatoms. The van der Waals surface area contributed by atoms with Crippen LogP contribution >= 0.6 is 0 Å². The molecule has 1 fully saturated rings. The summed E-state index contributed by atoms with van der Waals surface area (Å²) < 4.78 is 5.75. The van der Waals surface area contributed by atoms with Crippen molar-refractivity contribution in [3.63, 3.8) is 0 Å². The van der Waals surface area contributed by atoms with Crippen molar-refractivity contribution in [3.8, 4) is 0 Å². The molecule has 0 bridgehead atoms. The molecule has 0 nitrogen and oxygen atoms in total. The molecule has 0 aromatic rings. The predicted octanol–water partition coefficient (Wildman–Crippen LogP) is 3.22. The van der Waals surface area contributed by atoms with Crippen LogP contribution in [0.3, 0.4) is 0 Å². The van der Waals surface area contributed by atoms with E-state index in [0.717, 1.165) is 5.92 Å². The summed E-state index contributed by atoms with van der Waals surface area (Å²) in [6, 6.07) is 0. The van der Waals surface area contributed by atoms with Gasteiger partial charge in [0.2, 0.25) is 0 Å². The van der Waals surface area contributed by atoms with Crippen molar-refractivity contribution >= 4 is 0 Å². The van der Waals surface area contributed by atoms with E-state index >= 15 is 0 Å². The van der Waals surface area contributed by atoms with Gasteiger partial charge in [-0.25, -0.2) is 0 Å². The Hall–Kier alpha value is 0. The minimum Gasteiger partial charge on any atom is -0.0776 e. The van der Waals surface area contributed by atoms with E-state index in [-0.39, 0.29) is 0 Å². The molecule has 1 aliphatic carbocycles. The summed E-state index contributed by atoms with van der Waals surface area (Å²) in [5.41, 5.74) is 0. The third-order valence-corrected chi connectivity index (χ3v) is 1.89. The van der Waals surface area contributed by atoms with Crippen molar-refractivity contribution in [2.75, 3.05) is 0 Å². The van der Waals surface area contributed by atoms with Gasteiger partial charge < -0.3 is 0 Å². The van der Waals surface area contributed by atoms with Crippen LogP contribution in [-0.4, -0.2) is 0 Å². The monoisotopic (exact) mass is 115 g/mol. The van der Waals surface area contributed by atoms with E-state index in [0.29, 0.717) is 0 Å². The second kappa shape index (κ2) is 3.94. The summed E-state index contributed by atoms with van der Waals surface area (Å²) in [5, 5.41) is 0. The average Bonchev–Trinajstić information content (AvgIpc) is 1.94. The van der Waals surface area contributed by atoms with E-state index < -0.39 is 0 Å². The van der Waals surface area contributed by atoms with Crippen LogP contribution < -0.4 is 0 Å². The first-order chi connectivity index (χ1) is 4.39. The van der Waals surface area contributed by atoms with E-state index in [1.807, 2.05) is 0 Å². The van der Waals surface area contributed by atoms with Crippen LogP contribution in [0.25, 0.3) is 0 Å². The maximum Gasteiger partial charge on any atom is 0.0194 e. The Kier molecular flexibility index (Phi) is 3.01. The summed E-state index contributed by atoms with van der Waals surface area (Å²) in [6.07, 6.45) is 7.44. The maximum absolute atomic E-state index is 5.75. The molecule has 0 unspecified atom stereocenters. The molecular weight excluding hydrogens is 96.1 g/mol. The maximum atomic E-state index is 5.75. The fourth-order valence-corrected chi connectivity index (χ4v) is 1.31. The second-order valence-electron chi connectivity index (χ2n) is 2.74. The van der Waals surface area contributed by atoms with Gasteiger partial charge in [-0.3, -0.25) is 0 Å². The van der Waals surface area contributed by atoms with Gasteiger partial charge in [0.05, 0.1) is 0 Å². The molecule has 50 valence electrons. The highest BCUT2D eigenvalue weighted by molar-refractivity contribution is 4.59. The second-order valence-corrected chi connectivity index (χ2v) is 2.74. The topological polar surface area (TPSA) is 0 Å². The molecule has 0 amide bonds. The Morgan fingerprint density at radius 1 is 1.25 bits per heavy atom. The molecule has 0 N–H and O–H groups in total. The third kappa shape index (κ3) is 2.34. The van der Waals surface area contributed by atoms with Crippen molar-refractivity contribution in [1.82, 2.24) is 0 Å². The molecule has 0 heterocycles. The SMILES string of the molecule is CC1CCCCC1.[2H]C. The van der Waals surface area contributed by atoms with Crippen LogP contribution in [-0.2, 0) is 0 Å². The van der Waals surface area contributed by atoms with Gasteiger partial charge in [0.1, 0.15) is 0 Å². The Morgan fingerprint density at radius 3 is 2.00 bits per heavy atom. The Bertz CT molecular complexity index is 46.5. The minimum atomic E-state index is 1.04. The molecule has 0 atom stereocenters. The van der Waals surface area contributed by atoms with Crippen molar-refractivity contribution in [1.29, 1.82) is 0 Å². The molecule has 0 radical (unpaired) electrons. The first-order valence-electron chi connectivity index (χ1n) is 4.39. The predicted molar refractivity (Wildman–Crippen MR) is 39.0 cm³/mol. The highest BCUT2D eigenvalue weighted by Gasteiger charge is 2.05. The van der Waals surface area contributed by atoms with Crippen LogP contribution in [0.1, 0.15) is 47.8 Å². The van der Waals surface area contributed by atoms with Crippen molar-refractivity contribution in [2.45, 2.75) is 46.4 Å². The van der Waals surface area contributed by atoms with Crippen molar-refractivity contribution in [2.24, 2.45) is 5.92 Å². The van der Waals surface area contributed by atoms with Gasteiger partial charge in [-0.1, -0.05) is 46.4 Å².